The third-order valence-electron chi connectivity index (χ3n) is 5.57. The summed E-state index contributed by atoms with van der Waals surface area (Å²) in [6.07, 6.45) is 4.36. The maximum Gasteiger partial charge on any atom is 0.254 e. The molecule has 0 bridgehead atoms. The lowest BCUT2D eigenvalue weighted by Gasteiger charge is -2.32. The molecule has 0 unspecified atom stereocenters. The van der Waals surface area contributed by atoms with E-state index < -0.39 is 0 Å². The largest absolute Gasteiger partial charge is 0.370 e. The van der Waals surface area contributed by atoms with Crippen molar-refractivity contribution >= 4 is 23.5 Å². The van der Waals surface area contributed by atoms with Crippen LogP contribution < -0.4 is 11.5 Å². The van der Waals surface area contributed by atoms with Crippen molar-refractivity contribution in [3.8, 4) is 0 Å². The number of nitrogens with zero attached hydrogens (tertiary/aromatic N) is 2. The SMILES string of the molecule is NC(N)=NCC1CCC(CN(Cc2ccc(Cl)cc2)C(=O)c2ccccc2)CC1. The Morgan fingerprint density at radius 1 is 0.966 bits per heavy atom. The third-order valence-corrected chi connectivity index (χ3v) is 5.82. The molecule has 1 saturated carbocycles. The summed E-state index contributed by atoms with van der Waals surface area (Å²) in [5.74, 6) is 1.26. The molecule has 4 N–H and O–H groups in total. The molecule has 1 aliphatic rings. The standard InChI is InChI=1S/C23H29ClN4O/c24-21-12-10-19(11-13-21)16-28(22(29)20-4-2-1-3-5-20)15-18-8-6-17(7-9-18)14-27-23(25)26/h1-5,10-13,17-18H,6-9,14-16H2,(H4,25,26,27). The van der Waals surface area contributed by atoms with E-state index in [2.05, 4.69) is 4.99 Å². The van der Waals surface area contributed by atoms with Gasteiger partial charge in [-0.3, -0.25) is 9.79 Å². The second-order valence-electron chi connectivity index (χ2n) is 7.83. The summed E-state index contributed by atoms with van der Waals surface area (Å²) < 4.78 is 0. The molecule has 5 nitrogen and oxygen atoms in total. The van der Waals surface area contributed by atoms with Crippen molar-refractivity contribution in [2.24, 2.45) is 28.3 Å². The van der Waals surface area contributed by atoms with E-state index in [4.69, 9.17) is 23.1 Å². The Kier molecular flexibility index (Phi) is 7.53. The van der Waals surface area contributed by atoms with Crippen molar-refractivity contribution in [3.05, 3.63) is 70.7 Å². The van der Waals surface area contributed by atoms with Crippen LogP contribution in [0.25, 0.3) is 0 Å². The number of carbonyl (C=O) groups is 1. The zero-order valence-corrected chi connectivity index (χ0v) is 17.4. The number of hydrogen-bond acceptors (Lipinski definition) is 2. The zero-order valence-electron chi connectivity index (χ0n) is 16.6. The van der Waals surface area contributed by atoms with Crippen molar-refractivity contribution in [1.29, 1.82) is 0 Å². The summed E-state index contributed by atoms with van der Waals surface area (Å²) in [6, 6.07) is 17.2. The minimum atomic E-state index is 0.0724. The molecule has 0 aliphatic heterocycles. The fourth-order valence-corrected chi connectivity index (χ4v) is 4.06. The van der Waals surface area contributed by atoms with E-state index in [1.165, 1.54) is 0 Å². The topological polar surface area (TPSA) is 84.7 Å². The zero-order chi connectivity index (χ0) is 20.6. The van der Waals surface area contributed by atoms with Crippen LogP contribution in [0.5, 0.6) is 0 Å². The summed E-state index contributed by atoms with van der Waals surface area (Å²) >= 11 is 6.02. The predicted molar refractivity (Wildman–Crippen MR) is 119 cm³/mol. The first-order chi connectivity index (χ1) is 14.0. The molecule has 2 aromatic carbocycles. The highest BCUT2D eigenvalue weighted by atomic mass is 35.5. The monoisotopic (exact) mass is 412 g/mol. The van der Waals surface area contributed by atoms with E-state index in [1.807, 2.05) is 59.5 Å². The van der Waals surface area contributed by atoms with Gasteiger partial charge >= 0.3 is 0 Å². The number of guanidine groups is 1. The number of aliphatic imine (C=N–C) groups is 1. The molecule has 0 heterocycles. The number of amides is 1. The van der Waals surface area contributed by atoms with E-state index in [1.54, 1.807) is 0 Å². The van der Waals surface area contributed by atoms with Gasteiger partial charge in [0.2, 0.25) is 0 Å². The van der Waals surface area contributed by atoms with Gasteiger partial charge in [0.05, 0.1) is 0 Å². The van der Waals surface area contributed by atoms with E-state index in [-0.39, 0.29) is 11.9 Å². The first kappa shape index (κ1) is 21.2. The van der Waals surface area contributed by atoms with Crippen LogP contribution in [0.3, 0.4) is 0 Å². The first-order valence-corrected chi connectivity index (χ1v) is 10.5. The Morgan fingerprint density at radius 2 is 1.59 bits per heavy atom. The second-order valence-corrected chi connectivity index (χ2v) is 8.27. The average Bonchev–Trinajstić information content (AvgIpc) is 2.74. The maximum atomic E-state index is 13.2. The van der Waals surface area contributed by atoms with E-state index in [9.17, 15) is 4.79 Å². The molecular weight excluding hydrogens is 384 g/mol. The van der Waals surface area contributed by atoms with E-state index >= 15 is 0 Å². The summed E-state index contributed by atoms with van der Waals surface area (Å²) in [5, 5.41) is 0.703. The van der Waals surface area contributed by atoms with Crippen LogP contribution in [0.1, 0.15) is 41.6 Å². The highest BCUT2D eigenvalue weighted by Gasteiger charge is 2.25. The Labute approximate surface area is 177 Å². The molecule has 0 spiro atoms. The van der Waals surface area contributed by atoms with Crippen molar-refractivity contribution in [1.82, 2.24) is 4.90 Å². The van der Waals surface area contributed by atoms with Gasteiger partial charge in [-0.15, -0.1) is 0 Å². The molecule has 154 valence electrons. The Hall–Kier alpha value is -2.53. The molecule has 3 rings (SSSR count). The van der Waals surface area contributed by atoms with Gasteiger partial charge in [0, 0.05) is 30.2 Å². The lowest BCUT2D eigenvalue weighted by molar-refractivity contribution is 0.0691. The molecule has 2 aromatic rings. The molecule has 29 heavy (non-hydrogen) atoms. The molecule has 1 amide bonds. The normalized spacial score (nSPS) is 18.8. The fraction of sp³-hybridized carbons (Fsp3) is 0.391. The molecule has 6 heteroatoms. The van der Waals surface area contributed by atoms with Gasteiger partial charge in [0.25, 0.3) is 5.91 Å². The van der Waals surface area contributed by atoms with Crippen LogP contribution in [0.4, 0.5) is 0 Å². The number of nitrogens with two attached hydrogens (primary N) is 2. The predicted octanol–water partition coefficient (Wildman–Crippen LogP) is 4.06. The summed E-state index contributed by atoms with van der Waals surface area (Å²) in [5.41, 5.74) is 12.7. The second kappa shape index (κ2) is 10.3. The van der Waals surface area contributed by atoms with Gasteiger partial charge in [-0.1, -0.05) is 41.9 Å². The van der Waals surface area contributed by atoms with Gasteiger partial charge in [-0.2, -0.15) is 0 Å². The van der Waals surface area contributed by atoms with Crippen LogP contribution in [0.2, 0.25) is 5.02 Å². The Morgan fingerprint density at radius 3 is 2.21 bits per heavy atom. The van der Waals surface area contributed by atoms with Gasteiger partial charge in [0.15, 0.2) is 5.96 Å². The third kappa shape index (κ3) is 6.50. The van der Waals surface area contributed by atoms with Crippen molar-refractivity contribution < 1.29 is 4.79 Å². The average molecular weight is 413 g/mol. The highest BCUT2D eigenvalue weighted by molar-refractivity contribution is 6.30. The number of halogens is 1. The van der Waals surface area contributed by atoms with Crippen LogP contribution in [0, 0.1) is 11.8 Å². The van der Waals surface area contributed by atoms with E-state index in [0.717, 1.165) is 43.4 Å². The number of hydrogen-bond donors (Lipinski definition) is 2. The first-order valence-electron chi connectivity index (χ1n) is 10.2. The molecule has 0 aromatic heterocycles. The molecule has 0 atom stereocenters. The molecular formula is C23H29ClN4O. The summed E-state index contributed by atoms with van der Waals surface area (Å²) in [4.78, 5) is 19.3. The van der Waals surface area contributed by atoms with Crippen LogP contribution >= 0.6 is 11.6 Å². The van der Waals surface area contributed by atoms with Crippen LogP contribution in [-0.2, 0) is 6.54 Å². The van der Waals surface area contributed by atoms with Crippen LogP contribution in [-0.4, -0.2) is 29.9 Å². The van der Waals surface area contributed by atoms with Gasteiger partial charge in [0.1, 0.15) is 0 Å². The molecule has 0 radical (unpaired) electrons. The highest BCUT2D eigenvalue weighted by Crippen LogP contribution is 2.30. The van der Waals surface area contributed by atoms with Crippen molar-refractivity contribution in [2.75, 3.05) is 13.1 Å². The van der Waals surface area contributed by atoms with Crippen molar-refractivity contribution in [3.63, 3.8) is 0 Å². The number of rotatable bonds is 7. The fourth-order valence-electron chi connectivity index (χ4n) is 3.94. The Balaban J connectivity index is 1.66. The minimum Gasteiger partial charge on any atom is -0.370 e. The lowest BCUT2D eigenvalue weighted by atomic mass is 9.81. The molecule has 1 aliphatic carbocycles. The molecule has 0 saturated heterocycles. The Bertz CT molecular complexity index is 811. The smallest absolute Gasteiger partial charge is 0.254 e. The lowest BCUT2D eigenvalue weighted by Crippen LogP contribution is -2.36. The number of benzene rings is 2. The van der Waals surface area contributed by atoms with Gasteiger partial charge in [-0.25, -0.2) is 0 Å². The van der Waals surface area contributed by atoms with Crippen LogP contribution in [0.15, 0.2) is 59.6 Å². The van der Waals surface area contributed by atoms with Gasteiger partial charge in [-0.05, 0) is 67.3 Å². The molecule has 1 fully saturated rings. The summed E-state index contributed by atoms with van der Waals surface area (Å²) in [7, 11) is 0. The van der Waals surface area contributed by atoms with Gasteiger partial charge < -0.3 is 16.4 Å². The quantitative estimate of drug-likeness (QED) is 0.531. The number of carbonyl (C=O) groups excluding carboxylic acids is 1. The van der Waals surface area contributed by atoms with E-state index in [0.29, 0.717) is 29.9 Å². The minimum absolute atomic E-state index is 0.0724. The van der Waals surface area contributed by atoms with Crippen molar-refractivity contribution in [2.45, 2.75) is 32.2 Å². The summed E-state index contributed by atoms with van der Waals surface area (Å²) in [6.45, 7) is 2.04. The maximum absolute atomic E-state index is 13.2.